The van der Waals surface area contributed by atoms with E-state index < -0.39 is 5.60 Å². The first kappa shape index (κ1) is 27.1. The number of nitrogens with one attached hydrogen (secondary N) is 2. The third kappa shape index (κ3) is 5.12. The lowest BCUT2D eigenvalue weighted by Crippen LogP contribution is -2.47. The molecule has 0 unspecified atom stereocenters. The molecule has 2 aliphatic rings. The number of amides is 1. The number of rotatable bonds is 8. The maximum Gasteiger partial charge on any atom is 0.254 e. The number of hydrogen-bond acceptors (Lipinski definition) is 9. The summed E-state index contributed by atoms with van der Waals surface area (Å²) in [6, 6.07) is 7.99. The average Bonchev–Trinajstić information content (AvgIpc) is 3.53. The Balaban J connectivity index is 1.32. The van der Waals surface area contributed by atoms with Gasteiger partial charge in [0.15, 0.2) is 0 Å². The number of pyridine rings is 3. The number of fused-ring (bicyclic) bond motifs is 2. The van der Waals surface area contributed by atoms with Gasteiger partial charge >= 0.3 is 0 Å². The molecule has 1 saturated heterocycles. The van der Waals surface area contributed by atoms with E-state index in [0.29, 0.717) is 49.6 Å². The first-order valence-corrected chi connectivity index (χ1v) is 13.8. The molecule has 0 aromatic carbocycles. The molecule has 0 bridgehead atoms. The Morgan fingerprint density at radius 2 is 1.98 bits per heavy atom. The molecule has 0 saturated carbocycles. The summed E-state index contributed by atoms with van der Waals surface area (Å²) in [6.45, 7) is 2.84. The monoisotopic (exact) mass is 556 g/mol. The van der Waals surface area contributed by atoms with Crippen molar-refractivity contribution >= 4 is 34.1 Å². The molecule has 0 atom stereocenters. The Bertz CT molecular complexity index is 1610. The number of carbonyl (C=O) groups is 1. The number of aromatic nitrogens is 4. The zero-order chi connectivity index (χ0) is 28.7. The number of methoxy groups -OCH3 is 1. The molecule has 1 fully saturated rings. The molecule has 1 amide bonds. The molecule has 2 aliphatic heterocycles. The van der Waals surface area contributed by atoms with E-state index in [1.54, 1.807) is 19.5 Å². The van der Waals surface area contributed by atoms with Crippen molar-refractivity contribution in [1.29, 1.82) is 0 Å². The van der Waals surface area contributed by atoms with E-state index in [1.807, 2.05) is 50.1 Å². The largest absolute Gasteiger partial charge is 0.387 e. The second-order valence-corrected chi connectivity index (χ2v) is 11.2. The molecule has 6 heterocycles. The van der Waals surface area contributed by atoms with Crippen molar-refractivity contribution in [3.63, 3.8) is 0 Å². The number of hydrogen-bond donors (Lipinski definition) is 3. The highest BCUT2D eigenvalue weighted by Gasteiger charge is 2.33. The van der Waals surface area contributed by atoms with Crippen LogP contribution < -0.4 is 15.5 Å². The summed E-state index contributed by atoms with van der Waals surface area (Å²) in [7, 11) is 7.62. The number of aryl methyl sites for hydroxylation is 1. The van der Waals surface area contributed by atoms with E-state index in [9.17, 15) is 9.90 Å². The van der Waals surface area contributed by atoms with Crippen LogP contribution in [0, 0.1) is 0 Å². The zero-order valence-corrected chi connectivity index (χ0v) is 23.9. The van der Waals surface area contributed by atoms with Crippen LogP contribution in [0.2, 0.25) is 0 Å². The lowest BCUT2D eigenvalue weighted by Gasteiger charge is -2.39. The van der Waals surface area contributed by atoms with E-state index in [0.717, 1.165) is 52.3 Å². The summed E-state index contributed by atoms with van der Waals surface area (Å²) < 4.78 is 7.21. The third-order valence-electron chi connectivity index (χ3n) is 7.98. The summed E-state index contributed by atoms with van der Waals surface area (Å²) in [5.74, 6) is 0.510. The van der Waals surface area contributed by atoms with Gasteiger partial charge in [0.05, 0.1) is 46.7 Å². The molecular formula is C30H36N8O3. The van der Waals surface area contributed by atoms with Crippen LogP contribution in [0.25, 0.3) is 22.3 Å². The number of nitrogens with zero attached hydrogens (tertiary/aromatic N) is 6. The molecule has 11 nitrogen and oxygen atoms in total. The maximum atomic E-state index is 13.0. The van der Waals surface area contributed by atoms with Gasteiger partial charge in [0, 0.05) is 69.2 Å². The minimum atomic E-state index is -0.787. The topological polar surface area (TPSA) is 121 Å². The zero-order valence-electron chi connectivity index (χ0n) is 23.9. The second-order valence-electron chi connectivity index (χ2n) is 11.2. The fourth-order valence-corrected chi connectivity index (χ4v) is 5.92. The fraction of sp³-hybridized carbons (Fsp3) is 0.400. The van der Waals surface area contributed by atoms with Gasteiger partial charge in [-0.15, -0.1) is 0 Å². The minimum Gasteiger partial charge on any atom is -0.387 e. The maximum absolute atomic E-state index is 13.0. The lowest BCUT2D eigenvalue weighted by molar-refractivity contribution is -0.0472. The standard InChI is InChI=1S/C30H36N8O3/c1-36(2)17-23-24(38-13-9-30(40,10-14-38)18-41-4)5-6-25(35-23)34-22-16-32-27(21-15-33-29(39)26(21)22)19-7-11-31-28-20(19)8-12-37(28)3/h5-8,11-12,16,40H,9-10,13-15,17-18H2,1-4H3,(H,33,39)(H,34,35). The average molecular weight is 557 g/mol. The highest BCUT2D eigenvalue weighted by molar-refractivity contribution is 6.06. The Morgan fingerprint density at radius 1 is 1.17 bits per heavy atom. The predicted molar refractivity (Wildman–Crippen MR) is 158 cm³/mol. The summed E-state index contributed by atoms with van der Waals surface area (Å²) in [4.78, 5) is 31.7. The first-order chi connectivity index (χ1) is 19.8. The molecule has 3 N–H and O–H groups in total. The number of carbonyl (C=O) groups excluding carboxylic acids is 1. The van der Waals surface area contributed by atoms with Gasteiger partial charge in [0.2, 0.25) is 0 Å². The van der Waals surface area contributed by atoms with Crippen molar-refractivity contribution in [3.05, 3.63) is 59.7 Å². The molecule has 4 aromatic rings. The van der Waals surface area contributed by atoms with E-state index >= 15 is 0 Å². The molecule has 0 radical (unpaired) electrons. The Morgan fingerprint density at radius 3 is 2.73 bits per heavy atom. The normalized spacial score (nSPS) is 16.3. The van der Waals surface area contributed by atoms with Gasteiger partial charge in [-0.25, -0.2) is 9.97 Å². The number of ether oxygens (including phenoxy) is 1. The Hall–Kier alpha value is -4.06. The number of anilines is 3. The van der Waals surface area contributed by atoms with E-state index in [-0.39, 0.29) is 5.91 Å². The van der Waals surface area contributed by atoms with Gasteiger partial charge in [-0.2, -0.15) is 0 Å². The highest BCUT2D eigenvalue weighted by atomic mass is 16.5. The molecular weight excluding hydrogens is 520 g/mol. The highest BCUT2D eigenvalue weighted by Crippen LogP contribution is 2.36. The molecule has 0 aliphatic carbocycles. The summed E-state index contributed by atoms with van der Waals surface area (Å²) in [5, 5.41) is 18.1. The van der Waals surface area contributed by atoms with Crippen LogP contribution >= 0.6 is 0 Å². The van der Waals surface area contributed by atoms with Crippen molar-refractivity contribution < 1.29 is 14.6 Å². The van der Waals surface area contributed by atoms with Gasteiger partial charge in [-0.3, -0.25) is 9.78 Å². The second kappa shape index (κ2) is 10.7. The third-order valence-corrected chi connectivity index (χ3v) is 7.98. The fourth-order valence-electron chi connectivity index (χ4n) is 5.92. The van der Waals surface area contributed by atoms with E-state index in [4.69, 9.17) is 14.7 Å². The van der Waals surface area contributed by atoms with E-state index in [1.165, 1.54) is 0 Å². The van der Waals surface area contributed by atoms with Gasteiger partial charge in [-0.1, -0.05) is 0 Å². The minimum absolute atomic E-state index is 0.133. The Labute approximate surface area is 239 Å². The van der Waals surface area contributed by atoms with Crippen molar-refractivity contribution in [2.75, 3.05) is 51.1 Å². The number of piperidine rings is 1. The van der Waals surface area contributed by atoms with Crippen LogP contribution in [-0.2, 0) is 24.9 Å². The molecule has 6 rings (SSSR count). The van der Waals surface area contributed by atoms with Crippen molar-refractivity contribution in [3.8, 4) is 11.3 Å². The van der Waals surface area contributed by atoms with Crippen molar-refractivity contribution in [2.24, 2.45) is 7.05 Å². The van der Waals surface area contributed by atoms with Crippen LogP contribution in [0.5, 0.6) is 0 Å². The van der Waals surface area contributed by atoms with Crippen LogP contribution in [-0.4, -0.2) is 81.9 Å². The molecule has 214 valence electrons. The predicted octanol–water partition coefficient (Wildman–Crippen LogP) is 3.06. The van der Waals surface area contributed by atoms with Crippen molar-refractivity contribution in [2.45, 2.75) is 31.5 Å². The molecule has 0 spiro atoms. The summed E-state index contributed by atoms with van der Waals surface area (Å²) in [5.41, 5.74) is 5.84. The van der Waals surface area contributed by atoms with Crippen LogP contribution in [0.4, 0.5) is 17.2 Å². The molecule has 41 heavy (non-hydrogen) atoms. The number of aliphatic hydroxyl groups is 1. The molecule has 4 aromatic heterocycles. The lowest BCUT2D eigenvalue weighted by atomic mass is 9.92. The quantitative estimate of drug-likeness (QED) is 0.301. The summed E-state index contributed by atoms with van der Waals surface area (Å²) >= 11 is 0. The SMILES string of the molecule is COCC1(O)CCN(c2ccc(Nc3cnc(-c4ccnc5c4ccn5C)c4c3C(=O)NC4)nc2CN(C)C)CC1. The van der Waals surface area contributed by atoms with Crippen molar-refractivity contribution in [1.82, 2.24) is 29.7 Å². The van der Waals surface area contributed by atoms with Crippen LogP contribution in [0.15, 0.2) is 42.9 Å². The van der Waals surface area contributed by atoms with Gasteiger partial charge in [0.25, 0.3) is 5.91 Å². The smallest absolute Gasteiger partial charge is 0.254 e. The summed E-state index contributed by atoms with van der Waals surface area (Å²) in [6.07, 6.45) is 6.74. The van der Waals surface area contributed by atoms with E-state index in [2.05, 4.69) is 31.5 Å². The first-order valence-electron chi connectivity index (χ1n) is 13.8. The van der Waals surface area contributed by atoms with Crippen LogP contribution in [0.1, 0.15) is 34.5 Å². The van der Waals surface area contributed by atoms with Gasteiger partial charge in [0.1, 0.15) is 11.5 Å². The van der Waals surface area contributed by atoms with Gasteiger partial charge in [-0.05, 0) is 51.2 Å². The Kier molecular flexibility index (Phi) is 7.10. The van der Waals surface area contributed by atoms with Gasteiger partial charge < -0.3 is 34.8 Å². The van der Waals surface area contributed by atoms with Crippen LogP contribution in [0.3, 0.4) is 0 Å². The molecule has 11 heteroatoms.